The van der Waals surface area contributed by atoms with E-state index in [0.29, 0.717) is 6.54 Å². The van der Waals surface area contributed by atoms with Gasteiger partial charge in [-0.25, -0.2) is 4.99 Å². The van der Waals surface area contributed by atoms with Crippen LogP contribution in [0.2, 0.25) is 0 Å². The van der Waals surface area contributed by atoms with Gasteiger partial charge in [0.25, 0.3) is 0 Å². The first-order chi connectivity index (χ1) is 12.1. The first-order valence-corrected chi connectivity index (χ1v) is 9.53. The second-order valence-corrected chi connectivity index (χ2v) is 6.91. The lowest BCUT2D eigenvalue weighted by Crippen LogP contribution is -2.40. The van der Waals surface area contributed by atoms with E-state index >= 15 is 0 Å². The Morgan fingerprint density at radius 2 is 2.08 bits per heavy atom. The molecule has 1 aromatic heterocycles. The molecule has 1 saturated heterocycles. The van der Waals surface area contributed by atoms with Gasteiger partial charge in [0.1, 0.15) is 12.4 Å². The van der Waals surface area contributed by atoms with Crippen LogP contribution in [-0.2, 0) is 18.3 Å². The summed E-state index contributed by atoms with van der Waals surface area (Å²) in [5.41, 5.74) is 0. The van der Waals surface area contributed by atoms with E-state index in [1.165, 1.54) is 25.7 Å². The van der Waals surface area contributed by atoms with E-state index in [9.17, 15) is 0 Å². The highest BCUT2D eigenvalue weighted by atomic mass is 127. The van der Waals surface area contributed by atoms with Crippen LogP contribution in [0, 0.1) is 12.8 Å². The van der Waals surface area contributed by atoms with E-state index in [4.69, 9.17) is 9.73 Å². The molecule has 0 saturated carbocycles. The number of aryl methyl sites for hydroxylation is 1. The van der Waals surface area contributed by atoms with Crippen molar-refractivity contribution in [2.75, 3.05) is 33.4 Å². The van der Waals surface area contributed by atoms with Crippen molar-refractivity contribution in [1.82, 2.24) is 25.0 Å². The van der Waals surface area contributed by atoms with Gasteiger partial charge >= 0.3 is 0 Å². The topological polar surface area (TPSA) is 67.6 Å². The van der Waals surface area contributed by atoms with Crippen molar-refractivity contribution in [3.63, 3.8) is 0 Å². The lowest BCUT2D eigenvalue weighted by molar-refractivity contribution is 0.0625. The summed E-state index contributed by atoms with van der Waals surface area (Å²) in [7, 11) is 4.11. The monoisotopic (exact) mass is 478 g/mol. The summed E-state index contributed by atoms with van der Waals surface area (Å²) < 4.78 is 7.45. The Labute approximate surface area is 175 Å². The highest BCUT2D eigenvalue weighted by Crippen LogP contribution is 2.18. The van der Waals surface area contributed by atoms with Crippen molar-refractivity contribution < 1.29 is 4.74 Å². The molecule has 0 bridgehead atoms. The molecule has 1 aliphatic rings. The molecule has 2 heterocycles. The van der Waals surface area contributed by atoms with Gasteiger partial charge in [0.2, 0.25) is 0 Å². The van der Waals surface area contributed by atoms with Crippen molar-refractivity contribution in [2.45, 2.75) is 52.5 Å². The second kappa shape index (κ2) is 12.5. The van der Waals surface area contributed by atoms with Gasteiger partial charge in [-0.1, -0.05) is 13.3 Å². The SMILES string of the molecule is CCCCNC(=NCc1nnc(C)n1C)N(C)CCC1CCOCC1.I. The minimum Gasteiger partial charge on any atom is -0.381 e. The molecule has 0 aliphatic carbocycles. The summed E-state index contributed by atoms with van der Waals surface area (Å²) >= 11 is 0. The first kappa shape index (κ1) is 23.1. The third-order valence-corrected chi connectivity index (χ3v) is 4.94. The molecule has 1 aromatic rings. The van der Waals surface area contributed by atoms with Gasteiger partial charge in [-0.15, -0.1) is 34.2 Å². The summed E-state index contributed by atoms with van der Waals surface area (Å²) in [6.45, 7) is 8.50. The van der Waals surface area contributed by atoms with Crippen molar-refractivity contribution in [2.24, 2.45) is 18.0 Å². The molecule has 150 valence electrons. The van der Waals surface area contributed by atoms with Gasteiger partial charge in [-0.05, 0) is 38.5 Å². The number of nitrogens with one attached hydrogen (secondary N) is 1. The molecule has 8 heteroatoms. The highest BCUT2D eigenvalue weighted by molar-refractivity contribution is 14.0. The molecule has 1 aliphatic heterocycles. The quantitative estimate of drug-likeness (QED) is 0.270. The number of rotatable bonds is 8. The first-order valence-electron chi connectivity index (χ1n) is 9.53. The average Bonchev–Trinajstić information content (AvgIpc) is 2.95. The molecular weight excluding hydrogens is 443 g/mol. The Bertz CT molecular complexity index is 542. The third-order valence-electron chi connectivity index (χ3n) is 4.94. The van der Waals surface area contributed by atoms with E-state index in [1.807, 2.05) is 18.5 Å². The molecule has 0 amide bonds. The highest BCUT2D eigenvalue weighted by Gasteiger charge is 2.15. The molecule has 26 heavy (non-hydrogen) atoms. The fourth-order valence-corrected chi connectivity index (χ4v) is 2.94. The molecule has 0 unspecified atom stereocenters. The van der Waals surface area contributed by atoms with E-state index in [1.54, 1.807) is 0 Å². The van der Waals surface area contributed by atoms with Crippen molar-refractivity contribution in [3.05, 3.63) is 11.6 Å². The van der Waals surface area contributed by atoms with E-state index in [0.717, 1.165) is 56.3 Å². The summed E-state index contributed by atoms with van der Waals surface area (Å²) in [6.07, 6.45) is 5.88. The summed E-state index contributed by atoms with van der Waals surface area (Å²) in [5.74, 6) is 3.54. The van der Waals surface area contributed by atoms with E-state index in [-0.39, 0.29) is 24.0 Å². The molecule has 0 atom stereocenters. The van der Waals surface area contributed by atoms with Gasteiger partial charge in [0, 0.05) is 40.4 Å². The second-order valence-electron chi connectivity index (χ2n) is 6.91. The molecular formula is C18H35IN6O. The number of unbranched alkanes of at least 4 members (excludes halogenated alkanes) is 1. The zero-order chi connectivity index (χ0) is 18.1. The average molecular weight is 478 g/mol. The minimum atomic E-state index is 0. The predicted molar refractivity (Wildman–Crippen MR) is 116 cm³/mol. The van der Waals surface area contributed by atoms with Gasteiger partial charge in [-0.2, -0.15) is 0 Å². The molecule has 0 aromatic carbocycles. The molecule has 2 rings (SSSR count). The number of halogens is 1. The van der Waals surface area contributed by atoms with Crippen LogP contribution >= 0.6 is 24.0 Å². The largest absolute Gasteiger partial charge is 0.381 e. The lowest BCUT2D eigenvalue weighted by atomic mass is 9.96. The fourth-order valence-electron chi connectivity index (χ4n) is 2.94. The smallest absolute Gasteiger partial charge is 0.194 e. The van der Waals surface area contributed by atoms with Crippen molar-refractivity contribution >= 4 is 29.9 Å². The Hall–Kier alpha value is -0.900. The van der Waals surface area contributed by atoms with Crippen LogP contribution in [0.5, 0.6) is 0 Å². The van der Waals surface area contributed by atoms with Crippen molar-refractivity contribution in [3.8, 4) is 0 Å². The maximum atomic E-state index is 5.46. The van der Waals surface area contributed by atoms with Gasteiger partial charge in [-0.3, -0.25) is 0 Å². The van der Waals surface area contributed by atoms with Crippen LogP contribution in [0.3, 0.4) is 0 Å². The molecule has 0 spiro atoms. The lowest BCUT2D eigenvalue weighted by Gasteiger charge is -2.27. The molecule has 1 N–H and O–H groups in total. The zero-order valence-corrected chi connectivity index (χ0v) is 19.0. The molecule has 1 fully saturated rings. The Balaban J connectivity index is 0.00000338. The molecule has 7 nitrogen and oxygen atoms in total. The normalized spacial score (nSPS) is 15.6. The Kier molecular flexibility index (Phi) is 11.1. The standard InChI is InChI=1S/C18H34N6O.HI/c1-5-6-10-19-18(20-14-17-22-21-15(2)24(17)4)23(3)11-7-16-8-12-25-13-9-16;/h16H,5-14H2,1-4H3,(H,19,20);1H. The van der Waals surface area contributed by atoms with Crippen LogP contribution < -0.4 is 5.32 Å². The zero-order valence-electron chi connectivity index (χ0n) is 16.7. The number of ether oxygens (including phenoxy) is 1. The summed E-state index contributed by atoms with van der Waals surface area (Å²) in [4.78, 5) is 7.03. The van der Waals surface area contributed by atoms with E-state index in [2.05, 4.69) is 34.4 Å². The maximum Gasteiger partial charge on any atom is 0.194 e. The number of hydrogen-bond donors (Lipinski definition) is 1. The number of guanidine groups is 1. The number of nitrogens with zero attached hydrogens (tertiary/aromatic N) is 5. The van der Waals surface area contributed by atoms with Gasteiger partial charge in [0.05, 0.1) is 0 Å². The predicted octanol–water partition coefficient (Wildman–Crippen LogP) is 2.74. The Morgan fingerprint density at radius 3 is 2.69 bits per heavy atom. The fraction of sp³-hybridized carbons (Fsp3) is 0.833. The Morgan fingerprint density at radius 1 is 1.35 bits per heavy atom. The summed E-state index contributed by atoms with van der Waals surface area (Å²) in [6, 6.07) is 0. The maximum absolute atomic E-state index is 5.46. The van der Waals surface area contributed by atoms with Crippen molar-refractivity contribution in [1.29, 1.82) is 0 Å². The van der Waals surface area contributed by atoms with Gasteiger partial charge in [0.15, 0.2) is 11.8 Å². The number of hydrogen-bond acceptors (Lipinski definition) is 4. The molecule has 0 radical (unpaired) electrons. The summed E-state index contributed by atoms with van der Waals surface area (Å²) in [5, 5.41) is 11.8. The number of aromatic nitrogens is 3. The van der Waals surface area contributed by atoms with Crippen LogP contribution in [0.4, 0.5) is 0 Å². The van der Waals surface area contributed by atoms with Crippen LogP contribution in [-0.4, -0.2) is 59.0 Å². The van der Waals surface area contributed by atoms with Crippen LogP contribution in [0.25, 0.3) is 0 Å². The third kappa shape index (κ3) is 7.38. The number of aliphatic imine (C=N–C) groups is 1. The van der Waals surface area contributed by atoms with Crippen LogP contribution in [0.15, 0.2) is 4.99 Å². The minimum absolute atomic E-state index is 0. The van der Waals surface area contributed by atoms with Gasteiger partial charge < -0.3 is 19.5 Å². The van der Waals surface area contributed by atoms with Crippen LogP contribution in [0.1, 0.15) is 50.7 Å². The van der Waals surface area contributed by atoms with E-state index < -0.39 is 0 Å².